The van der Waals surface area contributed by atoms with Gasteiger partial charge < -0.3 is 14.5 Å². The third-order valence-corrected chi connectivity index (χ3v) is 7.22. The maximum Gasteiger partial charge on any atom is 0.341 e. The molecule has 1 aromatic rings. The number of sulfonamides is 1. The van der Waals surface area contributed by atoms with E-state index in [2.05, 4.69) is 0 Å². The quantitative estimate of drug-likeness (QED) is 0.563. The van der Waals surface area contributed by atoms with E-state index in [4.69, 9.17) is 4.74 Å². The van der Waals surface area contributed by atoms with Crippen molar-refractivity contribution in [2.75, 3.05) is 32.1 Å². The second-order valence-corrected chi connectivity index (χ2v) is 10.8. The molecule has 174 valence electrons. The molecule has 31 heavy (non-hydrogen) atoms. The van der Waals surface area contributed by atoms with Gasteiger partial charge in [-0.3, -0.25) is 4.79 Å². The highest BCUT2D eigenvalue weighted by Gasteiger charge is 2.30. The van der Waals surface area contributed by atoms with Gasteiger partial charge in [0.05, 0.1) is 16.1 Å². The van der Waals surface area contributed by atoms with Crippen molar-refractivity contribution in [3.63, 3.8) is 0 Å². The van der Waals surface area contributed by atoms with Crippen LogP contribution in [0.2, 0.25) is 0 Å². The smallest absolute Gasteiger partial charge is 0.341 e. The van der Waals surface area contributed by atoms with E-state index in [0.717, 1.165) is 30.2 Å². The van der Waals surface area contributed by atoms with Gasteiger partial charge in [-0.15, -0.1) is 0 Å². The van der Waals surface area contributed by atoms with Crippen LogP contribution in [-0.2, 0) is 19.6 Å². The van der Waals surface area contributed by atoms with Crippen molar-refractivity contribution in [3.05, 3.63) is 23.8 Å². The summed E-state index contributed by atoms with van der Waals surface area (Å²) in [7, 11) is -0.843. The third-order valence-electron chi connectivity index (χ3n) is 5.41. The molecule has 0 bridgehead atoms. The van der Waals surface area contributed by atoms with Gasteiger partial charge in [-0.25, -0.2) is 17.5 Å². The van der Waals surface area contributed by atoms with Gasteiger partial charge in [0.2, 0.25) is 10.0 Å². The monoisotopic (exact) mass is 453 g/mol. The average Bonchev–Trinajstić information content (AvgIpc) is 3.21. The first-order chi connectivity index (χ1) is 14.4. The predicted molar refractivity (Wildman–Crippen MR) is 121 cm³/mol. The molecular weight excluding hydrogens is 418 g/mol. The van der Waals surface area contributed by atoms with Crippen molar-refractivity contribution in [2.24, 2.45) is 0 Å². The number of nitrogens with zero attached hydrogens (tertiary/aromatic N) is 3. The molecule has 0 radical (unpaired) electrons. The van der Waals surface area contributed by atoms with Gasteiger partial charge in [0.15, 0.2) is 6.10 Å². The van der Waals surface area contributed by atoms with Crippen LogP contribution in [0, 0.1) is 0 Å². The minimum atomic E-state index is -3.72. The number of anilines is 1. The van der Waals surface area contributed by atoms with Gasteiger partial charge in [0.25, 0.3) is 5.91 Å². The minimum Gasteiger partial charge on any atom is -0.449 e. The van der Waals surface area contributed by atoms with E-state index < -0.39 is 22.1 Å². The Bertz CT molecular complexity index is 898. The molecule has 1 atom stereocenters. The van der Waals surface area contributed by atoms with Crippen LogP contribution in [0.5, 0.6) is 0 Å². The largest absolute Gasteiger partial charge is 0.449 e. The molecule has 1 aliphatic rings. The standard InChI is InChI=1S/C22H35N3O5S/c1-15(2)25(16(3)4)21(26)17(5)30-22(27)19-14-18(31(28,29)23(6)7)10-11-20(19)24-12-8-9-13-24/h10-11,14-17H,8-9,12-13H2,1-7H3. The number of ether oxygens (including phenoxy) is 1. The zero-order valence-corrected chi connectivity index (χ0v) is 20.4. The van der Waals surface area contributed by atoms with E-state index in [9.17, 15) is 18.0 Å². The number of amides is 1. The van der Waals surface area contributed by atoms with Crippen molar-refractivity contribution in [1.82, 2.24) is 9.21 Å². The predicted octanol–water partition coefficient (Wildman–Crippen LogP) is 2.73. The van der Waals surface area contributed by atoms with E-state index in [1.165, 1.54) is 26.2 Å². The molecule has 0 aromatic heterocycles. The molecule has 1 aromatic carbocycles. The van der Waals surface area contributed by atoms with Gasteiger partial charge in [0.1, 0.15) is 0 Å². The molecule has 1 heterocycles. The SMILES string of the molecule is CC(OC(=O)c1cc(S(=O)(=O)N(C)C)ccc1N1CCCC1)C(=O)N(C(C)C)C(C)C. The molecule has 8 nitrogen and oxygen atoms in total. The van der Waals surface area contributed by atoms with Crippen molar-refractivity contribution < 1.29 is 22.7 Å². The Balaban J connectivity index is 2.39. The lowest BCUT2D eigenvalue weighted by atomic mass is 10.1. The Morgan fingerprint density at radius 2 is 1.55 bits per heavy atom. The molecule has 0 N–H and O–H groups in total. The second-order valence-electron chi connectivity index (χ2n) is 8.64. The van der Waals surface area contributed by atoms with E-state index in [1.807, 2.05) is 32.6 Å². The summed E-state index contributed by atoms with van der Waals surface area (Å²) in [6.45, 7) is 10.8. The van der Waals surface area contributed by atoms with Crippen molar-refractivity contribution in [1.29, 1.82) is 0 Å². The lowest BCUT2D eigenvalue weighted by Gasteiger charge is -2.33. The average molecular weight is 454 g/mol. The molecule has 1 aliphatic heterocycles. The maximum absolute atomic E-state index is 13.1. The van der Waals surface area contributed by atoms with Gasteiger partial charge in [-0.05, 0) is 65.7 Å². The fraction of sp³-hybridized carbons (Fsp3) is 0.636. The second kappa shape index (κ2) is 9.99. The summed E-state index contributed by atoms with van der Waals surface area (Å²) in [6.07, 6.45) is 1.01. The summed E-state index contributed by atoms with van der Waals surface area (Å²) in [4.78, 5) is 29.7. The Labute approximate surface area is 186 Å². The van der Waals surface area contributed by atoms with Crippen LogP contribution >= 0.6 is 0 Å². The Kier molecular flexibility index (Phi) is 8.10. The van der Waals surface area contributed by atoms with Crippen molar-refractivity contribution in [3.8, 4) is 0 Å². The summed E-state index contributed by atoms with van der Waals surface area (Å²) >= 11 is 0. The normalized spacial score (nSPS) is 15.6. The molecular formula is C22H35N3O5S. The molecule has 1 saturated heterocycles. The first-order valence-corrected chi connectivity index (χ1v) is 12.2. The van der Waals surface area contributed by atoms with Crippen LogP contribution in [0.25, 0.3) is 0 Å². The van der Waals surface area contributed by atoms with E-state index in [-0.39, 0.29) is 28.4 Å². The number of rotatable bonds is 8. The summed E-state index contributed by atoms with van der Waals surface area (Å²) in [5, 5.41) is 0. The Morgan fingerprint density at radius 1 is 1.00 bits per heavy atom. The zero-order valence-electron chi connectivity index (χ0n) is 19.6. The van der Waals surface area contributed by atoms with Gasteiger partial charge >= 0.3 is 5.97 Å². The molecule has 1 amide bonds. The molecule has 1 unspecified atom stereocenters. The van der Waals surface area contributed by atoms with E-state index in [1.54, 1.807) is 17.9 Å². The number of hydrogen-bond donors (Lipinski definition) is 0. The van der Waals surface area contributed by atoms with Crippen LogP contribution in [0.15, 0.2) is 23.1 Å². The maximum atomic E-state index is 13.1. The molecule has 9 heteroatoms. The summed E-state index contributed by atoms with van der Waals surface area (Å²) in [5.74, 6) is -0.982. The number of hydrogen-bond acceptors (Lipinski definition) is 6. The van der Waals surface area contributed by atoms with Crippen LogP contribution < -0.4 is 4.90 Å². The van der Waals surface area contributed by atoms with Crippen molar-refractivity contribution >= 4 is 27.6 Å². The van der Waals surface area contributed by atoms with Crippen LogP contribution in [0.3, 0.4) is 0 Å². The lowest BCUT2D eigenvalue weighted by Crippen LogP contribution is -2.47. The highest BCUT2D eigenvalue weighted by atomic mass is 32.2. The molecule has 2 rings (SSSR count). The third kappa shape index (κ3) is 5.57. The molecule has 0 aliphatic carbocycles. The molecule has 0 saturated carbocycles. The number of carbonyl (C=O) groups excluding carboxylic acids is 2. The highest BCUT2D eigenvalue weighted by molar-refractivity contribution is 7.89. The van der Waals surface area contributed by atoms with Crippen LogP contribution in [0.1, 0.15) is 57.8 Å². The van der Waals surface area contributed by atoms with Gasteiger partial charge in [-0.2, -0.15) is 0 Å². The van der Waals surface area contributed by atoms with Gasteiger partial charge in [0, 0.05) is 39.3 Å². The summed E-state index contributed by atoms with van der Waals surface area (Å²) < 4.78 is 31.9. The highest BCUT2D eigenvalue weighted by Crippen LogP contribution is 2.29. The summed E-state index contributed by atoms with van der Waals surface area (Å²) in [5.41, 5.74) is 0.787. The fourth-order valence-electron chi connectivity index (χ4n) is 3.87. The Hall–Kier alpha value is -2.13. The number of benzene rings is 1. The topological polar surface area (TPSA) is 87.2 Å². The first kappa shape index (κ1) is 25.1. The lowest BCUT2D eigenvalue weighted by molar-refractivity contribution is -0.143. The number of carbonyl (C=O) groups is 2. The van der Waals surface area contributed by atoms with E-state index in [0.29, 0.717) is 5.69 Å². The van der Waals surface area contributed by atoms with Gasteiger partial charge in [-0.1, -0.05) is 0 Å². The van der Waals surface area contributed by atoms with E-state index >= 15 is 0 Å². The molecule has 0 spiro atoms. The van der Waals surface area contributed by atoms with Crippen molar-refractivity contribution in [2.45, 2.75) is 70.5 Å². The Morgan fingerprint density at radius 3 is 2.03 bits per heavy atom. The number of esters is 1. The minimum absolute atomic E-state index is 0.0114. The van der Waals surface area contributed by atoms with Crippen LogP contribution in [0.4, 0.5) is 5.69 Å². The zero-order chi connectivity index (χ0) is 23.5. The summed E-state index contributed by atoms with van der Waals surface area (Å²) in [6, 6.07) is 4.43. The van der Waals surface area contributed by atoms with Crippen LogP contribution in [-0.4, -0.2) is 74.9 Å². The fourth-order valence-corrected chi connectivity index (χ4v) is 4.80. The first-order valence-electron chi connectivity index (χ1n) is 10.7. The molecule has 1 fully saturated rings.